The summed E-state index contributed by atoms with van der Waals surface area (Å²) in [7, 11) is 2.13. The number of ether oxygens (including phenoxy) is 1. The zero-order valence-corrected chi connectivity index (χ0v) is 11.2. The molecule has 0 N–H and O–H groups in total. The molecule has 0 amide bonds. The summed E-state index contributed by atoms with van der Waals surface area (Å²) < 4.78 is 6.01. The summed E-state index contributed by atoms with van der Waals surface area (Å²) in [4.78, 5) is 14.1. The molecule has 18 heavy (non-hydrogen) atoms. The first-order valence-corrected chi connectivity index (χ1v) is 6.68. The van der Waals surface area contributed by atoms with Gasteiger partial charge in [-0.2, -0.15) is 0 Å². The van der Waals surface area contributed by atoms with Crippen LogP contribution in [0, 0.1) is 0 Å². The van der Waals surface area contributed by atoms with Crippen molar-refractivity contribution in [2.45, 2.75) is 32.3 Å². The van der Waals surface area contributed by atoms with Crippen molar-refractivity contribution in [3.63, 3.8) is 0 Å². The van der Waals surface area contributed by atoms with Gasteiger partial charge in [0.05, 0.1) is 5.56 Å². The molecule has 3 nitrogen and oxygen atoms in total. The molecule has 1 aliphatic rings. The summed E-state index contributed by atoms with van der Waals surface area (Å²) in [6.07, 6.45) is 2.83. The molecular formula is C15H21NO2. The number of piperidine rings is 1. The van der Waals surface area contributed by atoms with Crippen LogP contribution in [0.25, 0.3) is 0 Å². The number of nitrogens with zero attached hydrogens (tertiary/aromatic N) is 1. The maximum atomic E-state index is 11.8. The molecule has 0 aromatic heterocycles. The number of rotatable bonds is 4. The standard InChI is InChI=1S/C15H21NO2/c1-3-14(17)13-6-4-5-7-15(13)18-12-8-10-16(2)11-9-12/h4-7,12H,3,8-11H2,1-2H3. The van der Waals surface area contributed by atoms with Crippen LogP contribution in [0.15, 0.2) is 24.3 Å². The number of benzene rings is 1. The van der Waals surface area contributed by atoms with Crippen molar-refractivity contribution in [1.29, 1.82) is 0 Å². The summed E-state index contributed by atoms with van der Waals surface area (Å²) in [5.74, 6) is 0.900. The predicted molar refractivity (Wildman–Crippen MR) is 72.2 cm³/mol. The molecule has 0 spiro atoms. The summed E-state index contributed by atoms with van der Waals surface area (Å²) in [6.45, 7) is 4.01. The molecule has 1 saturated heterocycles. The van der Waals surface area contributed by atoms with E-state index in [1.807, 2.05) is 31.2 Å². The topological polar surface area (TPSA) is 29.5 Å². The molecule has 98 valence electrons. The van der Waals surface area contributed by atoms with E-state index in [1.54, 1.807) is 0 Å². The van der Waals surface area contributed by atoms with E-state index in [2.05, 4.69) is 11.9 Å². The minimum absolute atomic E-state index is 0.151. The van der Waals surface area contributed by atoms with Gasteiger partial charge in [0, 0.05) is 19.5 Å². The van der Waals surface area contributed by atoms with Crippen LogP contribution >= 0.6 is 0 Å². The molecule has 1 aromatic carbocycles. The van der Waals surface area contributed by atoms with Crippen molar-refractivity contribution in [2.75, 3.05) is 20.1 Å². The Morgan fingerprint density at radius 3 is 2.67 bits per heavy atom. The van der Waals surface area contributed by atoms with E-state index in [0.29, 0.717) is 6.42 Å². The Kier molecular flexibility index (Phi) is 4.37. The van der Waals surface area contributed by atoms with Crippen LogP contribution < -0.4 is 4.74 Å². The fourth-order valence-corrected chi connectivity index (χ4v) is 2.27. The van der Waals surface area contributed by atoms with Crippen molar-refractivity contribution in [3.05, 3.63) is 29.8 Å². The van der Waals surface area contributed by atoms with Crippen molar-refractivity contribution in [3.8, 4) is 5.75 Å². The molecule has 0 saturated carbocycles. The van der Waals surface area contributed by atoms with Crippen LogP contribution in [0.3, 0.4) is 0 Å². The highest BCUT2D eigenvalue weighted by atomic mass is 16.5. The fourth-order valence-electron chi connectivity index (χ4n) is 2.27. The lowest BCUT2D eigenvalue weighted by atomic mass is 10.1. The lowest BCUT2D eigenvalue weighted by Gasteiger charge is -2.29. The van der Waals surface area contributed by atoms with E-state index in [-0.39, 0.29) is 11.9 Å². The van der Waals surface area contributed by atoms with Gasteiger partial charge in [-0.1, -0.05) is 19.1 Å². The summed E-state index contributed by atoms with van der Waals surface area (Å²) >= 11 is 0. The Hall–Kier alpha value is -1.35. The van der Waals surface area contributed by atoms with Crippen LogP contribution in [0.1, 0.15) is 36.5 Å². The number of hydrogen-bond donors (Lipinski definition) is 0. The molecule has 0 atom stereocenters. The number of ketones is 1. The summed E-state index contributed by atoms with van der Waals surface area (Å²) in [5, 5.41) is 0. The van der Waals surface area contributed by atoms with E-state index in [9.17, 15) is 4.79 Å². The Labute approximate surface area is 109 Å². The SMILES string of the molecule is CCC(=O)c1ccccc1OC1CCN(C)CC1. The predicted octanol–water partition coefficient (Wildman–Crippen LogP) is 2.75. The Morgan fingerprint density at radius 1 is 1.33 bits per heavy atom. The molecule has 1 heterocycles. The van der Waals surface area contributed by atoms with Crippen LogP contribution in [-0.4, -0.2) is 36.9 Å². The van der Waals surface area contributed by atoms with Gasteiger partial charge in [0.25, 0.3) is 0 Å². The highest BCUT2D eigenvalue weighted by Gasteiger charge is 2.20. The first-order valence-electron chi connectivity index (χ1n) is 6.68. The molecule has 1 aromatic rings. The molecule has 1 fully saturated rings. The minimum atomic E-state index is 0.151. The van der Waals surface area contributed by atoms with Crippen LogP contribution in [0.2, 0.25) is 0 Å². The zero-order valence-electron chi connectivity index (χ0n) is 11.2. The second kappa shape index (κ2) is 6.01. The Bertz CT molecular complexity index is 409. The van der Waals surface area contributed by atoms with Gasteiger partial charge in [0.2, 0.25) is 0 Å². The lowest BCUT2D eigenvalue weighted by molar-refractivity contribution is 0.0959. The van der Waals surface area contributed by atoms with E-state index in [4.69, 9.17) is 4.74 Å². The fraction of sp³-hybridized carbons (Fsp3) is 0.533. The molecule has 1 aliphatic heterocycles. The highest BCUT2D eigenvalue weighted by Crippen LogP contribution is 2.23. The van der Waals surface area contributed by atoms with E-state index < -0.39 is 0 Å². The third-order valence-electron chi connectivity index (χ3n) is 3.47. The molecule has 2 rings (SSSR count). The monoisotopic (exact) mass is 247 g/mol. The van der Waals surface area contributed by atoms with Gasteiger partial charge in [0.15, 0.2) is 5.78 Å². The van der Waals surface area contributed by atoms with Crippen LogP contribution in [-0.2, 0) is 0 Å². The number of para-hydroxylation sites is 1. The van der Waals surface area contributed by atoms with Crippen molar-refractivity contribution >= 4 is 5.78 Å². The lowest BCUT2D eigenvalue weighted by Crippen LogP contribution is -2.35. The average molecular weight is 247 g/mol. The number of carbonyl (C=O) groups excluding carboxylic acids is 1. The zero-order chi connectivity index (χ0) is 13.0. The third-order valence-corrected chi connectivity index (χ3v) is 3.47. The minimum Gasteiger partial charge on any atom is -0.490 e. The van der Waals surface area contributed by atoms with Crippen LogP contribution in [0.5, 0.6) is 5.75 Å². The normalized spacial score (nSPS) is 17.7. The third kappa shape index (κ3) is 3.10. The summed E-state index contributed by atoms with van der Waals surface area (Å²) in [5.41, 5.74) is 0.721. The largest absolute Gasteiger partial charge is 0.490 e. The maximum absolute atomic E-state index is 11.8. The second-order valence-corrected chi connectivity index (χ2v) is 4.89. The molecule has 0 aliphatic carbocycles. The Morgan fingerprint density at radius 2 is 2.00 bits per heavy atom. The number of likely N-dealkylation sites (tertiary alicyclic amines) is 1. The van der Waals surface area contributed by atoms with Gasteiger partial charge in [-0.3, -0.25) is 4.79 Å². The average Bonchev–Trinajstić information content (AvgIpc) is 2.41. The first-order chi connectivity index (χ1) is 8.70. The van der Waals surface area contributed by atoms with E-state index >= 15 is 0 Å². The second-order valence-electron chi connectivity index (χ2n) is 4.89. The highest BCUT2D eigenvalue weighted by molar-refractivity contribution is 5.98. The van der Waals surface area contributed by atoms with Gasteiger partial charge >= 0.3 is 0 Å². The quantitative estimate of drug-likeness (QED) is 0.766. The van der Waals surface area contributed by atoms with E-state index in [0.717, 1.165) is 37.2 Å². The Balaban J connectivity index is 2.07. The molecular weight excluding hydrogens is 226 g/mol. The number of hydrogen-bond acceptors (Lipinski definition) is 3. The van der Waals surface area contributed by atoms with Crippen molar-refractivity contribution in [1.82, 2.24) is 4.90 Å². The van der Waals surface area contributed by atoms with Gasteiger partial charge in [-0.05, 0) is 32.0 Å². The maximum Gasteiger partial charge on any atom is 0.166 e. The van der Waals surface area contributed by atoms with Gasteiger partial charge in [0.1, 0.15) is 11.9 Å². The smallest absolute Gasteiger partial charge is 0.166 e. The molecule has 3 heteroatoms. The van der Waals surface area contributed by atoms with Crippen molar-refractivity contribution < 1.29 is 9.53 Å². The molecule has 0 unspecified atom stereocenters. The van der Waals surface area contributed by atoms with Crippen molar-refractivity contribution in [2.24, 2.45) is 0 Å². The van der Waals surface area contributed by atoms with Gasteiger partial charge < -0.3 is 9.64 Å². The van der Waals surface area contributed by atoms with Gasteiger partial charge in [-0.25, -0.2) is 0 Å². The molecule has 0 radical (unpaired) electrons. The first kappa shape index (κ1) is 13.1. The van der Waals surface area contributed by atoms with Crippen LogP contribution in [0.4, 0.5) is 0 Å². The van der Waals surface area contributed by atoms with E-state index in [1.165, 1.54) is 0 Å². The van der Waals surface area contributed by atoms with Gasteiger partial charge in [-0.15, -0.1) is 0 Å². The molecule has 0 bridgehead atoms. The number of carbonyl (C=O) groups is 1. The summed E-state index contributed by atoms with van der Waals surface area (Å²) in [6, 6.07) is 7.58. The number of Topliss-reactive ketones (excluding diaryl/α,β-unsaturated/α-hetero) is 1.